The van der Waals surface area contributed by atoms with E-state index in [4.69, 9.17) is 0 Å². The molecule has 0 N–H and O–H groups in total. The highest BCUT2D eigenvalue weighted by molar-refractivity contribution is 5.52. The van der Waals surface area contributed by atoms with Gasteiger partial charge < -0.3 is 0 Å². The average Bonchev–Trinajstić information content (AvgIpc) is 1.90. The predicted octanol–water partition coefficient (Wildman–Crippen LogP) is 1.66. The summed E-state index contributed by atoms with van der Waals surface area (Å²) in [5, 5.41) is 0. The van der Waals surface area contributed by atoms with Crippen molar-refractivity contribution >= 4 is 5.94 Å². The molecule has 2 heteroatoms. The molecule has 1 fully saturated rings. The van der Waals surface area contributed by atoms with E-state index in [1.807, 2.05) is 5.94 Å². The Morgan fingerprint density at radius 1 is 1.44 bits per heavy atom. The number of hydrogen-bond donors (Lipinski definition) is 0. The Labute approximate surface area is 53.6 Å². The lowest BCUT2D eigenvalue weighted by atomic mass is 9.95. The first-order valence-electron chi connectivity index (χ1n) is 3.20. The Morgan fingerprint density at radius 3 is 2.44 bits per heavy atom. The maximum absolute atomic E-state index is 12.4. The van der Waals surface area contributed by atoms with Gasteiger partial charge in [0.1, 0.15) is 12.1 Å². The van der Waals surface area contributed by atoms with Crippen molar-refractivity contribution in [1.82, 2.24) is 0 Å². The molecule has 0 unspecified atom stereocenters. The van der Waals surface area contributed by atoms with Crippen LogP contribution in [0.25, 0.3) is 0 Å². The third-order valence-corrected chi connectivity index (χ3v) is 1.66. The number of carbonyl (C=O) groups excluding carboxylic acids is 1. The first-order chi connectivity index (χ1) is 4.33. The van der Waals surface area contributed by atoms with Gasteiger partial charge in [-0.25, -0.2) is 9.18 Å². The zero-order valence-electron chi connectivity index (χ0n) is 5.19. The van der Waals surface area contributed by atoms with Crippen molar-refractivity contribution in [3.05, 3.63) is 5.57 Å². The van der Waals surface area contributed by atoms with Crippen molar-refractivity contribution in [2.75, 3.05) is 0 Å². The monoisotopic (exact) mass is 128 g/mol. The molecule has 1 aliphatic carbocycles. The van der Waals surface area contributed by atoms with E-state index in [0.29, 0.717) is 25.7 Å². The standard InChI is InChI=1S/C7H9FO/c8-7-3-1-6(5-9)2-4-7/h7H,1-4H2. The Kier molecular flexibility index (Phi) is 2.01. The molecule has 0 saturated heterocycles. The van der Waals surface area contributed by atoms with Crippen LogP contribution in [0, 0.1) is 0 Å². The Bertz CT molecular complexity index is 137. The summed E-state index contributed by atoms with van der Waals surface area (Å²) < 4.78 is 12.4. The Morgan fingerprint density at radius 2 is 2.00 bits per heavy atom. The molecule has 9 heavy (non-hydrogen) atoms. The van der Waals surface area contributed by atoms with Crippen LogP contribution in [0.2, 0.25) is 0 Å². The third-order valence-electron chi connectivity index (χ3n) is 1.66. The highest BCUT2D eigenvalue weighted by atomic mass is 19.1. The normalized spacial score (nSPS) is 27.7. The maximum Gasteiger partial charge on any atom is 0.123 e. The highest BCUT2D eigenvalue weighted by Gasteiger charge is 2.15. The molecule has 0 aromatic rings. The Balaban J connectivity index is 2.44. The molecule has 0 aromatic heterocycles. The average molecular weight is 128 g/mol. The van der Waals surface area contributed by atoms with Gasteiger partial charge in [-0.15, -0.1) is 0 Å². The molecule has 1 rings (SSSR count). The minimum Gasteiger partial charge on any atom is -0.247 e. The summed E-state index contributed by atoms with van der Waals surface area (Å²) in [7, 11) is 0. The fourth-order valence-corrected chi connectivity index (χ4v) is 1.03. The van der Waals surface area contributed by atoms with Crippen LogP contribution < -0.4 is 0 Å². The van der Waals surface area contributed by atoms with Crippen LogP contribution >= 0.6 is 0 Å². The summed E-state index contributed by atoms with van der Waals surface area (Å²) in [6, 6.07) is 0. The molecule has 1 saturated carbocycles. The number of hydrogen-bond acceptors (Lipinski definition) is 1. The van der Waals surface area contributed by atoms with Gasteiger partial charge in [-0.1, -0.05) is 0 Å². The van der Waals surface area contributed by atoms with E-state index in [1.54, 1.807) is 0 Å². The van der Waals surface area contributed by atoms with Gasteiger partial charge in [0.25, 0.3) is 0 Å². The van der Waals surface area contributed by atoms with Gasteiger partial charge in [-0.05, 0) is 25.7 Å². The summed E-state index contributed by atoms with van der Waals surface area (Å²) in [5.41, 5.74) is 0.754. The second-order valence-corrected chi connectivity index (χ2v) is 2.38. The molecule has 0 atom stereocenters. The van der Waals surface area contributed by atoms with Crippen molar-refractivity contribution in [1.29, 1.82) is 0 Å². The molecule has 1 aliphatic rings. The third kappa shape index (κ3) is 1.65. The molecule has 0 aliphatic heterocycles. The van der Waals surface area contributed by atoms with Gasteiger partial charge in [0.2, 0.25) is 0 Å². The van der Waals surface area contributed by atoms with Gasteiger partial charge in [-0.3, -0.25) is 0 Å². The van der Waals surface area contributed by atoms with Crippen molar-refractivity contribution in [3.8, 4) is 0 Å². The quantitative estimate of drug-likeness (QED) is 0.453. The molecular weight excluding hydrogens is 119 g/mol. The van der Waals surface area contributed by atoms with E-state index in [-0.39, 0.29) is 0 Å². The van der Waals surface area contributed by atoms with Crippen molar-refractivity contribution in [3.63, 3.8) is 0 Å². The number of allylic oxidation sites excluding steroid dienone is 1. The Hall–Kier alpha value is -0.620. The minimum atomic E-state index is -0.679. The molecule has 0 amide bonds. The minimum absolute atomic E-state index is 0.518. The SMILES string of the molecule is O=C=C1CCC(F)CC1. The molecule has 0 radical (unpaired) electrons. The van der Waals surface area contributed by atoms with Crippen molar-refractivity contribution in [2.24, 2.45) is 0 Å². The summed E-state index contributed by atoms with van der Waals surface area (Å²) in [6.45, 7) is 0. The number of alkyl halides is 1. The lowest BCUT2D eigenvalue weighted by Crippen LogP contribution is -2.07. The number of halogens is 1. The van der Waals surface area contributed by atoms with E-state index >= 15 is 0 Å². The van der Waals surface area contributed by atoms with Gasteiger partial charge >= 0.3 is 0 Å². The lowest BCUT2D eigenvalue weighted by Gasteiger charge is -2.13. The first kappa shape index (κ1) is 6.50. The second kappa shape index (κ2) is 2.79. The van der Waals surface area contributed by atoms with E-state index in [2.05, 4.69) is 0 Å². The summed E-state index contributed by atoms with van der Waals surface area (Å²) in [4.78, 5) is 9.98. The maximum atomic E-state index is 12.4. The summed E-state index contributed by atoms with van der Waals surface area (Å²) in [5.74, 6) is 1.82. The molecule has 0 heterocycles. The van der Waals surface area contributed by atoms with E-state index in [1.165, 1.54) is 0 Å². The van der Waals surface area contributed by atoms with Gasteiger partial charge in [0.15, 0.2) is 0 Å². The van der Waals surface area contributed by atoms with Crippen molar-refractivity contribution < 1.29 is 9.18 Å². The van der Waals surface area contributed by atoms with Crippen LogP contribution in [0.3, 0.4) is 0 Å². The topological polar surface area (TPSA) is 17.1 Å². The van der Waals surface area contributed by atoms with Gasteiger partial charge in [-0.2, -0.15) is 0 Å². The fraction of sp³-hybridized carbons (Fsp3) is 0.714. The van der Waals surface area contributed by atoms with Crippen LogP contribution in [-0.2, 0) is 4.79 Å². The highest BCUT2D eigenvalue weighted by Crippen LogP contribution is 2.22. The van der Waals surface area contributed by atoms with Crippen LogP contribution in [0.15, 0.2) is 5.57 Å². The molecule has 0 bridgehead atoms. The van der Waals surface area contributed by atoms with E-state index < -0.39 is 6.17 Å². The van der Waals surface area contributed by atoms with Crippen LogP contribution in [0.5, 0.6) is 0 Å². The summed E-state index contributed by atoms with van der Waals surface area (Å²) >= 11 is 0. The molecular formula is C7H9FO. The van der Waals surface area contributed by atoms with Crippen LogP contribution in [-0.4, -0.2) is 12.1 Å². The zero-order chi connectivity index (χ0) is 6.69. The van der Waals surface area contributed by atoms with E-state index in [0.717, 1.165) is 5.57 Å². The number of rotatable bonds is 0. The van der Waals surface area contributed by atoms with E-state index in [9.17, 15) is 9.18 Å². The zero-order valence-corrected chi connectivity index (χ0v) is 5.19. The second-order valence-electron chi connectivity index (χ2n) is 2.38. The van der Waals surface area contributed by atoms with Crippen LogP contribution in [0.4, 0.5) is 4.39 Å². The van der Waals surface area contributed by atoms with Crippen LogP contribution in [0.1, 0.15) is 25.7 Å². The largest absolute Gasteiger partial charge is 0.247 e. The van der Waals surface area contributed by atoms with Gasteiger partial charge in [0.05, 0.1) is 0 Å². The lowest BCUT2D eigenvalue weighted by molar-refractivity contribution is 0.277. The molecule has 0 spiro atoms. The van der Waals surface area contributed by atoms with Gasteiger partial charge in [0, 0.05) is 5.57 Å². The fourth-order valence-electron chi connectivity index (χ4n) is 1.03. The molecule has 1 nitrogen and oxygen atoms in total. The first-order valence-corrected chi connectivity index (χ1v) is 3.20. The van der Waals surface area contributed by atoms with Crippen molar-refractivity contribution in [2.45, 2.75) is 31.9 Å². The smallest absolute Gasteiger partial charge is 0.123 e. The predicted molar refractivity (Wildman–Crippen MR) is 32.6 cm³/mol. The molecule has 0 aromatic carbocycles. The molecule has 50 valence electrons. The summed E-state index contributed by atoms with van der Waals surface area (Å²) in [6.07, 6.45) is 1.59.